The molecule has 4 heteroatoms. The van der Waals surface area contributed by atoms with Crippen molar-refractivity contribution < 1.29 is 9.59 Å². The number of anilines is 2. The molecule has 0 saturated carbocycles. The van der Waals surface area contributed by atoms with Gasteiger partial charge in [-0.25, -0.2) is 4.90 Å². The normalized spacial score (nSPS) is 24.2. The first kappa shape index (κ1) is 18.4. The molecular formula is C27H24N2O2. The van der Waals surface area contributed by atoms with E-state index in [9.17, 15) is 9.59 Å². The van der Waals surface area contributed by atoms with Crippen LogP contribution in [0.3, 0.4) is 0 Å². The van der Waals surface area contributed by atoms with Crippen molar-refractivity contribution >= 4 is 23.2 Å². The maximum atomic E-state index is 14.0. The summed E-state index contributed by atoms with van der Waals surface area (Å²) >= 11 is 0. The zero-order valence-electron chi connectivity index (χ0n) is 17.5. The predicted octanol–water partition coefficient (Wildman–Crippen LogP) is 4.70. The van der Waals surface area contributed by atoms with Gasteiger partial charge in [0.2, 0.25) is 11.8 Å². The molecule has 3 heterocycles. The van der Waals surface area contributed by atoms with E-state index in [0.29, 0.717) is 12.1 Å². The number of para-hydroxylation sites is 1. The fourth-order valence-corrected chi connectivity index (χ4v) is 5.83. The molecule has 0 aromatic heterocycles. The molecule has 3 aliphatic heterocycles. The van der Waals surface area contributed by atoms with E-state index in [4.69, 9.17) is 0 Å². The number of benzene rings is 3. The molecule has 2 atom stereocenters. The first-order valence-corrected chi connectivity index (χ1v) is 11.0. The summed E-state index contributed by atoms with van der Waals surface area (Å²) in [5, 5.41) is 0. The zero-order chi connectivity index (χ0) is 21.2. The van der Waals surface area contributed by atoms with Crippen molar-refractivity contribution in [2.75, 3.05) is 16.3 Å². The molecule has 6 rings (SSSR count). The van der Waals surface area contributed by atoms with E-state index >= 15 is 0 Å². The quantitative estimate of drug-likeness (QED) is 0.548. The Morgan fingerprint density at radius 2 is 1.71 bits per heavy atom. The van der Waals surface area contributed by atoms with E-state index in [1.807, 2.05) is 30.3 Å². The summed E-state index contributed by atoms with van der Waals surface area (Å²) in [6, 6.07) is 24.4. The fourth-order valence-electron chi connectivity index (χ4n) is 5.83. The van der Waals surface area contributed by atoms with Crippen molar-refractivity contribution in [3.05, 3.63) is 95.1 Å². The van der Waals surface area contributed by atoms with Crippen LogP contribution in [0, 0.1) is 6.92 Å². The Morgan fingerprint density at radius 3 is 2.55 bits per heavy atom. The molecule has 3 aromatic rings. The highest BCUT2D eigenvalue weighted by atomic mass is 16.2. The first-order chi connectivity index (χ1) is 15.1. The minimum atomic E-state index is -0.820. The van der Waals surface area contributed by atoms with Gasteiger partial charge in [-0.1, -0.05) is 60.2 Å². The molecule has 1 spiro atoms. The Bertz CT molecular complexity index is 1220. The Labute approximate surface area is 182 Å². The lowest BCUT2D eigenvalue weighted by atomic mass is 9.67. The molecule has 31 heavy (non-hydrogen) atoms. The van der Waals surface area contributed by atoms with Gasteiger partial charge in [0.05, 0.1) is 17.1 Å². The zero-order valence-corrected chi connectivity index (χ0v) is 17.5. The van der Waals surface area contributed by atoms with Gasteiger partial charge < -0.3 is 4.90 Å². The first-order valence-electron chi connectivity index (χ1n) is 11.0. The Morgan fingerprint density at radius 1 is 0.935 bits per heavy atom. The predicted molar refractivity (Wildman–Crippen MR) is 121 cm³/mol. The van der Waals surface area contributed by atoms with E-state index in [1.54, 1.807) is 0 Å². The fraction of sp³-hybridized carbons (Fsp3) is 0.259. The van der Waals surface area contributed by atoms with Gasteiger partial charge >= 0.3 is 0 Å². The van der Waals surface area contributed by atoms with E-state index in [2.05, 4.69) is 54.3 Å². The highest BCUT2D eigenvalue weighted by Crippen LogP contribution is 2.55. The largest absolute Gasteiger partial charge is 0.364 e. The van der Waals surface area contributed by atoms with Crippen molar-refractivity contribution in [3.8, 4) is 0 Å². The Hall–Kier alpha value is -3.40. The van der Waals surface area contributed by atoms with Crippen LogP contribution in [0.4, 0.5) is 11.4 Å². The summed E-state index contributed by atoms with van der Waals surface area (Å²) in [7, 11) is 0. The average Bonchev–Trinajstić information content (AvgIpc) is 3.04. The third-order valence-electron chi connectivity index (χ3n) is 7.26. The van der Waals surface area contributed by atoms with Gasteiger partial charge in [-0.15, -0.1) is 0 Å². The number of nitrogens with zero attached hydrogens (tertiary/aromatic N) is 2. The van der Waals surface area contributed by atoms with Crippen LogP contribution in [0.5, 0.6) is 0 Å². The molecule has 3 aliphatic rings. The molecular weight excluding hydrogens is 384 g/mol. The molecule has 2 unspecified atom stereocenters. The van der Waals surface area contributed by atoms with Gasteiger partial charge in [0, 0.05) is 18.7 Å². The van der Waals surface area contributed by atoms with Crippen molar-refractivity contribution in [2.45, 2.75) is 37.6 Å². The lowest BCUT2D eigenvalue weighted by Gasteiger charge is -2.49. The lowest BCUT2D eigenvalue weighted by molar-refractivity contribution is -0.123. The minimum absolute atomic E-state index is 0.0849. The third-order valence-corrected chi connectivity index (χ3v) is 7.26. The van der Waals surface area contributed by atoms with Crippen LogP contribution in [0.25, 0.3) is 0 Å². The minimum Gasteiger partial charge on any atom is -0.364 e. The molecule has 2 amide bonds. The van der Waals surface area contributed by atoms with Gasteiger partial charge in [0.25, 0.3) is 0 Å². The van der Waals surface area contributed by atoms with Crippen molar-refractivity contribution in [1.82, 2.24) is 0 Å². The van der Waals surface area contributed by atoms with Crippen LogP contribution in [0.1, 0.15) is 41.1 Å². The number of carbonyl (C=O) groups excluding carboxylic acids is 2. The summed E-state index contributed by atoms with van der Waals surface area (Å²) in [6.07, 6.45) is 1.86. The highest BCUT2D eigenvalue weighted by molar-refractivity contribution is 6.25. The topological polar surface area (TPSA) is 40.6 Å². The Kier molecular flexibility index (Phi) is 3.88. The number of rotatable bonds is 1. The Balaban J connectivity index is 1.54. The molecule has 0 radical (unpaired) electrons. The van der Waals surface area contributed by atoms with Gasteiger partial charge in [-0.3, -0.25) is 9.59 Å². The molecule has 4 nitrogen and oxygen atoms in total. The van der Waals surface area contributed by atoms with Gasteiger partial charge in [-0.2, -0.15) is 0 Å². The second-order valence-electron chi connectivity index (χ2n) is 9.01. The van der Waals surface area contributed by atoms with E-state index < -0.39 is 5.41 Å². The summed E-state index contributed by atoms with van der Waals surface area (Å²) in [4.78, 5) is 31.2. The number of hydrogen-bond donors (Lipinski definition) is 0. The summed E-state index contributed by atoms with van der Waals surface area (Å²) in [5.41, 5.74) is 5.72. The molecule has 0 N–H and O–H groups in total. The van der Waals surface area contributed by atoms with Crippen LogP contribution in [0.15, 0.2) is 72.8 Å². The van der Waals surface area contributed by atoms with Crippen molar-refractivity contribution in [2.24, 2.45) is 0 Å². The SMILES string of the molecule is Cc1ccc2c(c1)C1(CC(=O)N(c3ccccc3)C1=O)CC1c3ccccc3CCN21. The van der Waals surface area contributed by atoms with Crippen molar-refractivity contribution in [3.63, 3.8) is 0 Å². The number of fused-ring (bicyclic) bond motifs is 6. The van der Waals surface area contributed by atoms with E-state index in [0.717, 1.165) is 29.8 Å². The van der Waals surface area contributed by atoms with Crippen LogP contribution >= 0.6 is 0 Å². The molecule has 1 saturated heterocycles. The van der Waals surface area contributed by atoms with Gasteiger partial charge in [-0.05, 0) is 54.7 Å². The number of amides is 2. The van der Waals surface area contributed by atoms with Crippen LogP contribution in [-0.2, 0) is 21.4 Å². The van der Waals surface area contributed by atoms with Crippen molar-refractivity contribution in [1.29, 1.82) is 0 Å². The van der Waals surface area contributed by atoms with E-state index in [1.165, 1.54) is 16.0 Å². The van der Waals surface area contributed by atoms with Crippen LogP contribution in [0.2, 0.25) is 0 Å². The molecule has 0 aliphatic carbocycles. The van der Waals surface area contributed by atoms with Gasteiger partial charge in [0.15, 0.2) is 0 Å². The molecule has 0 bridgehead atoms. The molecule has 1 fully saturated rings. The average molecular weight is 409 g/mol. The third kappa shape index (κ3) is 2.54. The molecule has 3 aromatic carbocycles. The molecule has 154 valence electrons. The second-order valence-corrected chi connectivity index (χ2v) is 9.01. The number of aryl methyl sites for hydroxylation is 1. The van der Waals surface area contributed by atoms with Crippen LogP contribution in [-0.4, -0.2) is 18.4 Å². The number of imide groups is 1. The highest BCUT2D eigenvalue weighted by Gasteiger charge is 2.58. The number of carbonyl (C=O) groups is 2. The second kappa shape index (κ2) is 6.55. The maximum Gasteiger partial charge on any atom is 0.245 e. The van der Waals surface area contributed by atoms with E-state index in [-0.39, 0.29) is 24.3 Å². The van der Waals surface area contributed by atoms with Gasteiger partial charge in [0.1, 0.15) is 0 Å². The lowest BCUT2D eigenvalue weighted by Crippen LogP contribution is -2.49. The summed E-state index contributed by atoms with van der Waals surface area (Å²) in [5.74, 6) is -0.195. The monoisotopic (exact) mass is 408 g/mol. The summed E-state index contributed by atoms with van der Waals surface area (Å²) in [6.45, 7) is 2.99. The maximum absolute atomic E-state index is 14.0. The smallest absolute Gasteiger partial charge is 0.245 e. The standard InChI is InChI=1S/C27H24N2O2/c1-18-11-12-23-22(15-18)27(16-24-21-10-6-5-7-19(21)13-14-28(23)24)17-25(30)29(26(27)31)20-8-3-2-4-9-20/h2-12,15,24H,13-14,16-17H2,1H3. The number of hydrogen-bond acceptors (Lipinski definition) is 3. The summed E-state index contributed by atoms with van der Waals surface area (Å²) < 4.78 is 0. The van der Waals surface area contributed by atoms with Crippen LogP contribution < -0.4 is 9.80 Å².